The summed E-state index contributed by atoms with van der Waals surface area (Å²) in [6.45, 7) is 5.00. The van der Waals surface area contributed by atoms with Crippen molar-refractivity contribution in [1.29, 1.82) is 0 Å². The minimum atomic E-state index is -3.41. The van der Waals surface area contributed by atoms with Crippen molar-refractivity contribution >= 4 is 15.7 Å². The summed E-state index contributed by atoms with van der Waals surface area (Å²) in [5.41, 5.74) is 7.91. The third-order valence-electron chi connectivity index (χ3n) is 4.94. The Hall–Kier alpha value is -1.07. The molecule has 2 fully saturated rings. The van der Waals surface area contributed by atoms with Gasteiger partial charge in [-0.1, -0.05) is 12.5 Å². The van der Waals surface area contributed by atoms with Crippen LogP contribution in [-0.2, 0) is 10.0 Å². The summed E-state index contributed by atoms with van der Waals surface area (Å²) >= 11 is 0. The second kappa shape index (κ2) is 4.74. The van der Waals surface area contributed by atoms with Gasteiger partial charge in [0, 0.05) is 18.8 Å². The highest BCUT2D eigenvalue weighted by molar-refractivity contribution is 7.89. The fourth-order valence-electron chi connectivity index (χ4n) is 3.76. The molecule has 2 atom stereocenters. The molecule has 1 aromatic rings. The van der Waals surface area contributed by atoms with Gasteiger partial charge in [-0.25, -0.2) is 8.42 Å². The molecule has 1 saturated carbocycles. The van der Waals surface area contributed by atoms with Gasteiger partial charge in [-0.15, -0.1) is 0 Å². The molecule has 110 valence electrons. The van der Waals surface area contributed by atoms with E-state index in [0.29, 0.717) is 41.1 Å². The molecule has 1 aliphatic carbocycles. The van der Waals surface area contributed by atoms with Crippen molar-refractivity contribution in [2.24, 2.45) is 11.8 Å². The first-order chi connectivity index (χ1) is 9.41. The Morgan fingerprint density at radius 1 is 1.15 bits per heavy atom. The highest BCUT2D eigenvalue weighted by Crippen LogP contribution is 2.40. The van der Waals surface area contributed by atoms with Crippen molar-refractivity contribution in [2.75, 3.05) is 18.8 Å². The molecular formula is C15H22N2O2S. The third-order valence-corrected chi connectivity index (χ3v) is 7.06. The van der Waals surface area contributed by atoms with Crippen LogP contribution in [0, 0.1) is 25.7 Å². The lowest BCUT2D eigenvalue weighted by atomic mass is 10.0. The number of sulfonamides is 1. The number of aryl methyl sites for hydroxylation is 1. The number of fused-ring (bicyclic) bond motifs is 1. The van der Waals surface area contributed by atoms with Crippen LogP contribution in [0.2, 0.25) is 0 Å². The van der Waals surface area contributed by atoms with Gasteiger partial charge in [0.25, 0.3) is 0 Å². The number of anilines is 1. The largest absolute Gasteiger partial charge is 0.398 e. The molecule has 3 rings (SSSR count). The molecule has 0 radical (unpaired) electrons. The molecule has 20 heavy (non-hydrogen) atoms. The highest BCUT2D eigenvalue weighted by atomic mass is 32.2. The van der Waals surface area contributed by atoms with Crippen molar-refractivity contribution in [2.45, 2.75) is 38.0 Å². The van der Waals surface area contributed by atoms with Crippen molar-refractivity contribution in [1.82, 2.24) is 4.31 Å². The van der Waals surface area contributed by atoms with Gasteiger partial charge in [0.05, 0.1) is 4.90 Å². The first kappa shape index (κ1) is 13.9. The maximum atomic E-state index is 12.9. The fourth-order valence-corrected chi connectivity index (χ4v) is 5.77. The molecule has 0 amide bonds. The lowest BCUT2D eigenvalue weighted by Gasteiger charge is -2.21. The number of nitrogens with two attached hydrogens (primary N) is 1. The summed E-state index contributed by atoms with van der Waals surface area (Å²) in [5.74, 6) is 1.12. The van der Waals surface area contributed by atoms with Gasteiger partial charge in [0.1, 0.15) is 0 Å². The Labute approximate surface area is 121 Å². The van der Waals surface area contributed by atoms with E-state index in [1.807, 2.05) is 6.92 Å². The van der Waals surface area contributed by atoms with Gasteiger partial charge in [-0.2, -0.15) is 4.31 Å². The average molecular weight is 294 g/mol. The summed E-state index contributed by atoms with van der Waals surface area (Å²) in [4.78, 5) is 0.414. The minimum absolute atomic E-state index is 0.414. The normalized spacial score (nSPS) is 26.9. The number of nitrogens with zero attached hydrogens (tertiary/aromatic N) is 1. The van der Waals surface area contributed by atoms with Crippen molar-refractivity contribution in [3.63, 3.8) is 0 Å². The number of rotatable bonds is 2. The van der Waals surface area contributed by atoms with Gasteiger partial charge in [-0.3, -0.25) is 0 Å². The van der Waals surface area contributed by atoms with Crippen LogP contribution < -0.4 is 5.73 Å². The van der Waals surface area contributed by atoms with Crippen LogP contribution in [0.1, 0.15) is 30.4 Å². The van der Waals surface area contributed by atoms with E-state index in [-0.39, 0.29) is 0 Å². The molecule has 4 nitrogen and oxygen atoms in total. The Morgan fingerprint density at radius 3 is 2.35 bits per heavy atom. The smallest absolute Gasteiger partial charge is 0.243 e. The molecule has 5 heteroatoms. The zero-order valence-electron chi connectivity index (χ0n) is 12.1. The number of hydrogen-bond acceptors (Lipinski definition) is 3. The van der Waals surface area contributed by atoms with Crippen LogP contribution >= 0.6 is 0 Å². The Balaban J connectivity index is 1.99. The third kappa shape index (κ3) is 2.04. The number of nitrogen functional groups attached to an aromatic ring is 1. The van der Waals surface area contributed by atoms with Gasteiger partial charge in [0.15, 0.2) is 0 Å². The molecule has 2 N–H and O–H groups in total. The maximum absolute atomic E-state index is 12.9. The zero-order valence-corrected chi connectivity index (χ0v) is 12.9. The Morgan fingerprint density at radius 2 is 1.75 bits per heavy atom. The van der Waals surface area contributed by atoms with Crippen molar-refractivity contribution < 1.29 is 8.42 Å². The minimum Gasteiger partial charge on any atom is -0.398 e. The van der Waals surface area contributed by atoms with Gasteiger partial charge >= 0.3 is 0 Å². The predicted molar refractivity (Wildman–Crippen MR) is 79.9 cm³/mol. The summed E-state index contributed by atoms with van der Waals surface area (Å²) in [6, 6.07) is 3.58. The molecule has 0 aromatic heterocycles. The predicted octanol–water partition coefficient (Wildman–Crippen LogP) is 2.31. The standard InChI is InChI=1S/C15H22N2O2S/c1-10-6-7-14(16)11(2)15(10)20(18,19)17-8-12-4-3-5-13(12)9-17/h6-7,12-13H,3-5,8-9,16H2,1-2H3. The summed E-state index contributed by atoms with van der Waals surface area (Å²) < 4.78 is 27.5. The molecular weight excluding hydrogens is 272 g/mol. The van der Waals surface area contributed by atoms with Crippen LogP contribution in [0.5, 0.6) is 0 Å². The van der Waals surface area contributed by atoms with E-state index in [2.05, 4.69) is 0 Å². The highest BCUT2D eigenvalue weighted by Gasteiger charge is 2.42. The van der Waals surface area contributed by atoms with Crippen LogP contribution in [0.25, 0.3) is 0 Å². The summed E-state index contributed by atoms with van der Waals surface area (Å²) in [6.07, 6.45) is 3.59. The lowest BCUT2D eigenvalue weighted by molar-refractivity contribution is 0.445. The molecule has 2 unspecified atom stereocenters. The number of benzene rings is 1. The fraction of sp³-hybridized carbons (Fsp3) is 0.600. The Kier molecular flexibility index (Phi) is 3.29. The summed E-state index contributed by atoms with van der Waals surface area (Å²) in [7, 11) is -3.41. The first-order valence-electron chi connectivity index (χ1n) is 7.27. The molecule has 0 spiro atoms. The van der Waals surface area contributed by atoms with E-state index in [4.69, 9.17) is 5.73 Å². The van der Waals surface area contributed by atoms with Gasteiger partial charge in [0.2, 0.25) is 10.0 Å². The average Bonchev–Trinajstić information content (AvgIpc) is 2.94. The summed E-state index contributed by atoms with van der Waals surface area (Å²) in [5, 5.41) is 0. The Bertz CT molecular complexity index is 628. The second-order valence-corrected chi connectivity index (χ2v) is 8.07. The second-order valence-electron chi connectivity index (χ2n) is 6.20. The first-order valence-corrected chi connectivity index (χ1v) is 8.71. The topological polar surface area (TPSA) is 63.4 Å². The molecule has 2 aliphatic rings. The molecule has 1 aromatic carbocycles. The zero-order chi connectivity index (χ0) is 14.5. The molecule has 1 aliphatic heterocycles. The van der Waals surface area contributed by atoms with Crippen LogP contribution in [-0.4, -0.2) is 25.8 Å². The van der Waals surface area contributed by atoms with Crippen molar-refractivity contribution in [3.8, 4) is 0 Å². The van der Waals surface area contributed by atoms with E-state index in [1.165, 1.54) is 19.3 Å². The van der Waals surface area contributed by atoms with Gasteiger partial charge < -0.3 is 5.73 Å². The quantitative estimate of drug-likeness (QED) is 0.851. The van der Waals surface area contributed by atoms with E-state index < -0.39 is 10.0 Å². The van der Waals surface area contributed by atoms with E-state index >= 15 is 0 Å². The van der Waals surface area contributed by atoms with Crippen molar-refractivity contribution in [3.05, 3.63) is 23.3 Å². The van der Waals surface area contributed by atoms with E-state index in [1.54, 1.807) is 23.4 Å². The van der Waals surface area contributed by atoms with E-state index in [9.17, 15) is 8.42 Å². The van der Waals surface area contributed by atoms with Gasteiger partial charge in [-0.05, 0) is 55.7 Å². The SMILES string of the molecule is Cc1ccc(N)c(C)c1S(=O)(=O)N1CC2CCCC2C1. The number of hydrogen-bond donors (Lipinski definition) is 1. The molecule has 1 heterocycles. The van der Waals surface area contributed by atoms with E-state index in [0.717, 1.165) is 5.56 Å². The molecule has 0 bridgehead atoms. The van der Waals surface area contributed by atoms with Crippen LogP contribution in [0.4, 0.5) is 5.69 Å². The lowest BCUT2D eigenvalue weighted by Crippen LogP contribution is -2.31. The van der Waals surface area contributed by atoms with Crippen LogP contribution in [0.3, 0.4) is 0 Å². The van der Waals surface area contributed by atoms with Crippen LogP contribution in [0.15, 0.2) is 17.0 Å². The maximum Gasteiger partial charge on any atom is 0.243 e. The molecule has 1 saturated heterocycles. The monoisotopic (exact) mass is 294 g/mol.